The molecule has 0 aliphatic carbocycles. The van der Waals surface area contributed by atoms with Crippen molar-refractivity contribution in [2.24, 2.45) is 5.41 Å². The lowest BCUT2D eigenvalue weighted by atomic mass is 9.87. The molecule has 3 N–H and O–H groups in total. The lowest BCUT2D eigenvalue weighted by Crippen LogP contribution is -2.53. The van der Waals surface area contributed by atoms with E-state index in [1.54, 1.807) is 11.1 Å². The first-order valence-corrected chi connectivity index (χ1v) is 10.7. The van der Waals surface area contributed by atoms with Crippen LogP contribution in [0, 0.1) is 5.41 Å². The number of benzene rings is 2. The number of aliphatic carboxylic acids is 1. The number of carbonyl (C=O) groups excluding carboxylic acids is 1. The van der Waals surface area contributed by atoms with Gasteiger partial charge in [-0.25, -0.2) is 0 Å². The van der Waals surface area contributed by atoms with E-state index in [9.17, 15) is 19.8 Å². The van der Waals surface area contributed by atoms with Crippen molar-refractivity contribution in [1.82, 2.24) is 10.2 Å². The highest BCUT2D eigenvalue weighted by Gasteiger charge is 2.33. The lowest BCUT2D eigenvalue weighted by Gasteiger charge is -2.33. The maximum atomic E-state index is 12.9. The molecule has 32 heavy (non-hydrogen) atoms. The van der Waals surface area contributed by atoms with Crippen molar-refractivity contribution in [3.63, 3.8) is 0 Å². The van der Waals surface area contributed by atoms with Crippen molar-refractivity contribution in [1.29, 1.82) is 0 Å². The van der Waals surface area contributed by atoms with E-state index in [0.29, 0.717) is 6.67 Å². The molecule has 0 spiro atoms. The fourth-order valence-corrected chi connectivity index (χ4v) is 3.61. The van der Waals surface area contributed by atoms with Crippen LogP contribution in [-0.2, 0) is 9.59 Å². The van der Waals surface area contributed by atoms with Crippen molar-refractivity contribution < 1.29 is 19.8 Å². The molecule has 7 heteroatoms. The highest BCUT2D eigenvalue weighted by Crippen LogP contribution is 2.26. The zero-order valence-corrected chi connectivity index (χ0v) is 18.7. The minimum atomic E-state index is -1.06. The molecule has 0 radical (unpaired) electrons. The van der Waals surface area contributed by atoms with Crippen LogP contribution in [-0.4, -0.2) is 52.3 Å². The highest BCUT2D eigenvalue weighted by atomic mass is 16.4. The molecule has 170 valence electrons. The summed E-state index contributed by atoms with van der Waals surface area (Å²) in [5, 5.41) is 21.9. The second-order valence-corrected chi connectivity index (χ2v) is 9.06. The van der Waals surface area contributed by atoms with Crippen LogP contribution in [0.1, 0.15) is 27.2 Å². The van der Waals surface area contributed by atoms with E-state index in [-0.39, 0.29) is 18.4 Å². The zero-order valence-electron chi connectivity index (χ0n) is 18.7. The van der Waals surface area contributed by atoms with Crippen LogP contribution < -0.4 is 10.2 Å². The van der Waals surface area contributed by atoms with Crippen molar-refractivity contribution in [3.8, 4) is 11.1 Å². The van der Waals surface area contributed by atoms with Gasteiger partial charge in [0.05, 0.1) is 25.7 Å². The van der Waals surface area contributed by atoms with Gasteiger partial charge in [-0.15, -0.1) is 0 Å². The molecule has 0 fully saturated rings. The van der Waals surface area contributed by atoms with Crippen molar-refractivity contribution in [2.75, 3.05) is 18.2 Å². The van der Waals surface area contributed by atoms with Gasteiger partial charge in [0.2, 0.25) is 5.91 Å². The second-order valence-electron chi connectivity index (χ2n) is 9.06. The number of nitrogens with zero attached hydrogens (tertiary/aromatic N) is 2. The van der Waals surface area contributed by atoms with Crippen LogP contribution >= 0.6 is 0 Å². The predicted octanol–water partition coefficient (Wildman–Crippen LogP) is 3.27. The summed E-state index contributed by atoms with van der Waals surface area (Å²) in [5.41, 5.74) is 2.83. The van der Waals surface area contributed by atoms with Crippen LogP contribution in [0.4, 0.5) is 5.69 Å². The second kappa shape index (κ2) is 9.87. The molecule has 2 aromatic rings. The molecule has 0 unspecified atom stereocenters. The quantitative estimate of drug-likeness (QED) is 0.587. The summed E-state index contributed by atoms with van der Waals surface area (Å²) >= 11 is 0. The van der Waals surface area contributed by atoms with Gasteiger partial charge in [-0.3, -0.25) is 9.59 Å². The van der Waals surface area contributed by atoms with Crippen LogP contribution in [0.2, 0.25) is 0 Å². The summed E-state index contributed by atoms with van der Waals surface area (Å²) in [6, 6.07) is 16.8. The average molecular weight is 438 g/mol. The Hall–Kier alpha value is -3.32. The summed E-state index contributed by atoms with van der Waals surface area (Å²) in [4.78, 5) is 28.1. The van der Waals surface area contributed by atoms with E-state index in [2.05, 4.69) is 17.4 Å². The van der Waals surface area contributed by atoms with Gasteiger partial charge in [-0.1, -0.05) is 63.2 Å². The number of carboxylic acid groups (broad SMARTS) is 1. The normalized spacial score (nSPS) is 15.5. The smallest absolute Gasteiger partial charge is 0.305 e. The average Bonchev–Trinajstić information content (AvgIpc) is 3.25. The first kappa shape index (κ1) is 23.3. The fourth-order valence-electron chi connectivity index (χ4n) is 3.61. The maximum absolute atomic E-state index is 12.9. The number of hydrogen-bond donors (Lipinski definition) is 3. The third-order valence-corrected chi connectivity index (χ3v) is 5.68. The van der Waals surface area contributed by atoms with E-state index < -0.39 is 24.0 Å². The fraction of sp³-hybridized carbons (Fsp3) is 0.360. The summed E-state index contributed by atoms with van der Waals surface area (Å²) in [7, 11) is 0. The first-order chi connectivity index (χ1) is 15.2. The molecule has 3 rings (SSSR count). The van der Waals surface area contributed by atoms with Gasteiger partial charge < -0.3 is 25.3 Å². The Bertz CT molecular complexity index is 951. The number of nitrogens with one attached hydrogen (secondary N) is 1. The van der Waals surface area contributed by atoms with E-state index in [4.69, 9.17) is 0 Å². The van der Waals surface area contributed by atoms with Crippen molar-refractivity contribution >= 4 is 17.6 Å². The third-order valence-electron chi connectivity index (χ3n) is 5.68. The van der Waals surface area contributed by atoms with Crippen molar-refractivity contribution in [2.45, 2.75) is 39.3 Å². The maximum Gasteiger partial charge on any atom is 0.305 e. The lowest BCUT2D eigenvalue weighted by molar-refractivity contribution is -0.141. The number of rotatable bonds is 8. The van der Waals surface area contributed by atoms with Crippen molar-refractivity contribution in [3.05, 3.63) is 67.0 Å². The van der Waals surface area contributed by atoms with E-state index in [0.717, 1.165) is 16.8 Å². The van der Waals surface area contributed by atoms with E-state index in [1.807, 2.05) is 74.3 Å². The number of anilines is 1. The molecule has 0 saturated heterocycles. The Morgan fingerprint density at radius 1 is 1.00 bits per heavy atom. The van der Waals surface area contributed by atoms with Crippen LogP contribution in [0.15, 0.2) is 67.0 Å². The first-order valence-electron chi connectivity index (χ1n) is 10.7. The van der Waals surface area contributed by atoms with E-state index in [1.165, 1.54) is 0 Å². The van der Waals surface area contributed by atoms with Crippen LogP contribution in [0.3, 0.4) is 0 Å². The Kier molecular flexibility index (Phi) is 7.20. The molecule has 1 amide bonds. The summed E-state index contributed by atoms with van der Waals surface area (Å²) in [6.07, 6.45) is 3.25. The SMILES string of the molecule is CC(C)(C)[C@@H](CO)NC(=O)[C@H](CC(=O)O)N1C=CN(c2ccc(-c3ccccc3)cc2)C1. The summed E-state index contributed by atoms with van der Waals surface area (Å²) < 4.78 is 0. The highest BCUT2D eigenvalue weighted by molar-refractivity contribution is 5.86. The molecule has 2 atom stereocenters. The van der Waals surface area contributed by atoms with Crippen LogP contribution in [0.25, 0.3) is 11.1 Å². The molecule has 7 nitrogen and oxygen atoms in total. The summed E-state index contributed by atoms with van der Waals surface area (Å²) in [6.45, 7) is 5.88. The molecule has 0 bridgehead atoms. The van der Waals surface area contributed by atoms with Crippen LogP contribution in [0.5, 0.6) is 0 Å². The number of carbonyl (C=O) groups is 2. The largest absolute Gasteiger partial charge is 0.481 e. The number of hydrogen-bond acceptors (Lipinski definition) is 5. The monoisotopic (exact) mass is 437 g/mol. The molecule has 1 aliphatic heterocycles. The van der Waals surface area contributed by atoms with Gasteiger partial charge >= 0.3 is 5.97 Å². The Balaban J connectivity index is 1.71. The van der Waals surface area contributed by atoms with Gasteiger partial charge in [0.15, 0.2) is 0 Å². The topological polar surface area (TPSA) is 93.1 Å². The number of aliphatic hydroxyl groups is 1. The Morgan fingerprint density at radius 2 is 1.62 bits per heavy atom. The molecule has 0 aromatic heterocycles. The zero-order chi connectivity index (χ0) is 23.3. The number of amides is 1. The number of carboxylic acids is 1. The van der Waals surface area contributed by atoms with E-state index >= 15 is 0 Å². The van der Waals surface area contributed by atoms with Gasteiger partial charge in [-0.05, 0) is 28.7 Å². The van der Waals surface area contributed by atoms with Gasteiger partial charge in [0.1, 0.15) is 6.04 Å². The summed E-state index contributed by atoms with van der Waals surface area (Å²) in [5.74, 6) is -1.46. The predicted molar refractivity (Wildman–Crippen MR) is 125 cm³/mol. The standard InChI is InChI=1S/C25H31N3O4/c1-25(2,3)22(16-29)26-24(32)21(15-23(30)31)28-14-13-27(17-28)20-11-9-19(10-12-20)18-7-5-4-6-8-18/h4-14,21-22,29H,15-17H2,1-3H3,(H,26,32)(H,30,31)/t21-,22+/m0/s1. The number of aliphatic hydroxyl groups excluding tert-OH is 1. The minimum absolute atomic E-state index is 0.218. The third kappa shape index (κ3) is 5.68. The molecule has 0 saturated carbocycles. The van der Waals surface area contributed by atoms with Gasteiger partial charge in [0, 0.05) is 18.1 Å². The minimum Gasteiger partial charge on any atom is -0.481 e. The Morgan fingerprint density at radius 3 is 2.19 bits per heavy atom. The molecule has 2 aromatic carbocycles. The molecular formula is C25H31N3O4. The Labute approximate surface area is 189 Å². The molecular weight excluding hydrogens is 406 g/mol. The molecule has 1 aliphatic rings. The molecule has 1 heterocycles. The van der Waals surface area contributed by atoms with Gasteiger partial charge in [0.25, 0.3) is 0 Å². The van der Waals surface area contributed by atoms with Gasteiger partial charge in [-0.2, -0.15) is 0 Å².